The minimum atomic E-state index is -0.317. The van der Waals surface area contributed by atoms with E-state index in [1.165, 1.54) is 10.6 Å². The molecule has 0 saturated heterocycles. The van der Waals surface area contributed by atoms with E-state index in [-0.39, 0.29) is 12.2 Å². The smallest absolute Gasteiger partial charge is 0.275 e. The van der Waals surface area contributed by atoms with Gasteiger partial charge >= 0.3 is 0 Å². The molecule has 3 rings (SSSR count). The summed E-state index contributed by atoms with van der Waals surface area (Å²) in [6.07, 6.45) is 0. The summed E-state index contributed by atoms with van der Waals surface area (Å²) >= 11 is 0. The van der Waals surface area contributed by atoms with Gasteiger partial charge in [0, 0.05) is 17.3 Å². The third-order valence-electron chi connectivity index (χ3n) is 2.59. The average molecular weight is 242 g/mol. The number of hydrogen-bond acceptors (Lipinski definition) is 4. The number of hydrogen-bond donors (Lipinski definition) is 2. The van der Waals surface area contributed by atoms with Gasteiger partial charge in [-0.2, -0.15) is 9.50 Å². The molecule has 2 heterocycles. The Bertz CT molecular complexity index is 746. The second-order valence-electron chi connectivity index (χ2n) is 3.83. The van der Waals surface area contributed by atoms with E-state index < -0.39 is 0 Å². The van der Waals surface area contributed by atoms with Crippen LogP contribution in [0.3, 0.4) is 0 Å². The average Bonchev–Trinajstić information content (AvgIpc) is 2.84. The summed E-state index contributed by atoms with van der Waals surface area (Å²) in [6, 6.07) is 10.7. The van der Waals surface area contributed by atoms with Crippen molar-refractivity contribution in [3.63, 3.8) is 0 Å². The molecular weight excluding hydrogens is 232 g/mol. The number of fused-ring (bicyclic) bond motifs is 1. The molecule has 2 aromatic heterocycles. The lowest BCUT2D eigenvalue weighted by molar-refractivity contribution is 0.276. The van der Waals surface area contributed by atoms with Crippen molar-refractivity contribution >= 4 is 5.78 Å². The molecule has 0 spiro atoms. The minimum Gasteiger partial charge on any atom is -0.390 e. The highest BCUT2D eigenvalue weighted by atomic mass is 16.3. The number of aromatic amines is 1. The number of aromatic nitrogens is 4. The van der Waals surface area contributed by atoms with Crippen LogP contribution in [0.25, 0.3) is 17.2 Å². The number of benzene rings is 1. The van der Waals surface area contributed by atoms with Crippen LogP contribution in [-0.2, 0) is 6.61 Å². The molecule has 0 unspecified atom stereocenters. The number of rotatable bonds is 2. The molecule has 0 aliphatic heterocycles. The maximum Gasteiger partial charge on any atom is 0.275 e. The van der Waals surface area contributed by atoms with E-state index in [9.17, 15) is 4.79 Å². The van der Waals surface area contributed by atoms with Crippen molar-refractivity contribution in [2.75, 3.05) is 0 Å². The maximum atomic E-state index is 11.7. The zero-order valence-electron chi connectivity index (χ0n) is 9.37. The highest BCUT2D eigenvalue weighted by Gasteiger charge is 2.09. The second-order valence-corrected chi connectivity index (χ2v) is 3.83. The molecule has 90 valence electrons. The fourth-order valence-corrected chi connectivity index (χ4v) is 1.73. The first-order valence-corrected chi connectivity index (χ1v) is 5.43. The zero-order chi connectivity index (χ0) is 12.5. The van der Waals surface area contributed by atoms with Crippen molar-refractivity contribution in [3.8, 4) is 11.4 Å². The van der Waals surface area contributed by atoms with Crippen molar-refractivity contribution in [2.24, 2.45) is 0 Å². The van der Waals surface area contributed by atoms with Gasteiger partial charge in [-0.3, -0.25) is 4.79 Å². The number of aliphatic hydroxyl groups excluding tert-OH is 1. The molecule has 2 N–H and O–H groups in total. The van der Waals surface area contributed by atoms with E-state index in [0.29, 0.717) is 17.3 Å². The van der Waals surface area contributed by atoms with E-state index >= 15 is 0 Å². The molecule has 0 radical (unpaired) electrons. The van der Waals surface area contributed by atoms with Gasteiger partial charge in [0.1, 0.15) is 0 Å². The molecule has 0 aliphatic rings. The molecule has 6 nitrogen and oxygen atoms in total. The van der Waals surface area contributed by atoms with Gasteiger partial charge in [-0.05, 0) is 0 Å². The third kappa shape index (κ3) is 1.68. The Labute approximate surface area is 102 Å². The molecular formula is C12H10N4O2. The van der Waals surface area contributed by atoms with E-state index in [2.05, 4.69) is 15.1 Å². The monoisotopic (exact) mass is 242 g/mol. The van der Waals surface area contributed by atoms with Crippen LogP contribution in [0.1, 0.15) is 5.69 Å². The topological polar surface area (TPSA) is 83.3 Å². The van der Waals surface area contributed by atoms with Gasteiger partial charge in [0.15, 0.2) is 5.82 Å². The standard InChI is InChI=1S/C12H10N4O2/c17-7-9-6-10(18)16-12(13-9)14-11(15-16)8-4-2-1-3-5-8/h1-6,17H,7H2,(H,13,14,15). The van der Waals surface area contributed by atoms with Crippen LogP contribution in [0.5, 0.6) is 0 Å². The first kappa shape index (κ1) is 10.7. The molecule has 1 aromatic carbocycles. The van der Waals surface area contributed by atoms with Crippen molar-refractivity contribution in [2.45, 2.75) is 6.61 Å². The van der Waals surface area contributed by atoms with E-state index in [0.717, 1.165) is 5.56 Å². The quantitative estimate of drug-likeness (QED) is 0.688. The van der Waals surface area contributed by atoms with E-state index in [4.69, 9.17) is 5.11 Å². The number of nitrogens with one attached hydrogen (secondary N) is 1. The molecule has 18 heavy (non-hydrogen) atoms. The molecule has 0 atom stereocenters. The van der Waals surface area contributed by atoms with Gasteiger partial charge < -0.3 is 10.1 Å². The summed E-state index contributed by atoms with van der Waals surface area (Å²) < 4.78 is 1.18. The Kier molecular flexibility index (Phi) is 2.42. The Morgan fingerprint density at radius 3 is 2.78 bits per heavy atom. The lowest BCUT2D eigenvalue weighted by atomic mass is 10.2. The second kappa shape index (κ2) is 4.08. The number of H-pyrrole nitrogens is 1. The van der Waals surface area contributed by atoms with Gasteiger partial charge in [-0.1, -0.05) is 30.3 Å². The molecule has 0 amide bonds. The van der Waals surface area contributed by atoms with Gasteiger partial charge in [0.05, 0.1) is 6.61 Å². The summed E-state index contributed by atoms with van der Waals surface area (Å²) in [4.78, 5) is 18.8. The first-order chi connectivity index (χ1) is 8.78. The molecule has 0 bridgehead atoms. The summed E-state index contributed by atoms with van der Waals surface area (Å²) in [7, 11) is 0. The number of aliphatic hydroxyl groups is 1. The van der Waals surface area contributed by atoms with Crippen molar-refractivity contribution < 1.29 is 5.11 Å². The van der Waals surface area contributed by atoms with Crippen LogP contribution < -0.4 is 5.56 Å². The lowest BCUT2D eigenvalue weighted by Crippen LogP contribution is -2.15. The van der Waals surface area contributed by atoms with Crippen LogP contribution >= 0.6 is 0 Å². The minimum absolute atomic E-state index is 0.237. The predicted octanol–water partition coefficient (Wildman–Crippen LogP) is 0.577. The van der Waals surface area contributed by atoms with Crippen LogP contribution in [0.4, 0.5) is 0 Å². The SMILES string of the molecule is O=c1cc(CO)[nH]c2nc(-c3ccccc3)nn12. The van der Waals surface area contributed by atoms with Crippen molar-refractivity contribution in [1.29, 1.82) is 0 Å². The molecule has 0 aliphatic carbocycles. The molecule has 0 saturated carbocycles. The predicted molar refractivity (Wildman–Crippen MR) is 65.0 cm³/mol. The lowest BCUT2D eigenvalue weighted by Gasteiger charge is -1.95. The Morgan fingerprint density at radius 1 is 1.28 bits per heavy atom. The summed E-state index contributed by atoms with van der Waals surface area (Å²) in [5, 5.41) is 13.2. The molecule has 0 fully saturated rings. The van der Waals surface area contributed by atoms with Crippen LogP contribution in [0.15, 0.2) is 41.2 Å². The normalized spacial score (nSPS) is 10.9. The van der Waals surface area contributed by atoms with Crippen molar-refractivity contribution in [3.05, 3.63) is 52.4 Å². The largest absolute Gasteiger partial charge is 0.390 e. The first-order valence-electron chi connectivity index (χ1n) is 5.43. The van der Waals surface area contributed by atoms with Crippen LogP contribution in [0, 0.1) is 0 Å². The Balaban J connectivity index is 2.23. The fraction of sp³-hybridized carbons (Fsp3) is 0.0833. The Morgan fingerprint density at radius 2 is 2.06 bits per heavy atom. The van der Waals surface area contributed by atoms with E-state index in [1.807, 2.05) is 30.3 Å². The molecule has 6 heteroatoms. The van der Waals surface area contributed by atoms with Gasteiger partial charge in [-0.25, -0.2) is 0 Å². The highest BCUT2D eigenvalue weighted by Crippen LogP contribution is 2.13. The van der Waals surface area contributed by atoms with Gasteiger partial charge in [-0.15, -0.1) is 5.10 Å². The fourth-order valence-electron chi connectivity index (χ4n) is 1.73. The van der Waals surface area contributed by atoms with Gasteiger partial charge in [0.25, 0.3) is 5.56 Å². The summed E-state index contributed by atoms with van der Waals surface area (Å²) in [6.45, 7) is -0.237. The van der Waals surface area contributed by atoms with Crippen LogP contribution in [-0.4, -0.2) is 24.7 Å². The van der Waals surface area contributed by atoms with E-state index in [1.54, 1.807) is 0 Å². The summed E-state index contributed by atoms with van der Waals surface area (Å²) in [5.41, 5.74) is 0.932. The maximum absolute atomic E-state index is 11.7. The van der Waals surface area contributed by atoms with Crippen LogP contribution in [0.2, 0.25) is 0 Å². The molecule has 3 aromatic rings. The Hall–Kier alpha value is -2.47. The van der Waals surface area contributed by atoms with Gasteiger partial charge in [0.2, 0.25) is 5.78 Å². The number of nitrogens with zero attached hydrogens (tertiary/aromatic N) is 3. The summed E-state index contributed by atoms with van der Waals surface area (Å²) in [5.74, 6) is 0.796. The zero-order valence-corrected chi connectivity index (χ0v) is 9.37. The highest BCUT2D eigenvalue weighted by molar-refractivity contribution is 5.56. The third-order valence-corrected chi connectivity index (χ3v) is 2.59. The van der Waals surface area contributed by atoms with Crippen molar-refractivity contribution in [1.82, 2.24) is 19.6 Å².